The van der Waals surface area contributed by atoms with E-state index in [-0.39, 0.29) is 22.9 Å². The fourth-order valence-corrected chi connectivity index (χ4v) is 6.91. The van der Waals surface area contributed by atoms with E-state index in [4.69, 9.17) is 4.74 Å². The van der Waals surface area contributed by atoms with E-state index in [9.17, 15) is 9.59 Å². The minimum Gasteiger partial charge on any atom is -0.462 e. The van der Waals surface area contributed by atoms with E-state index in [1.807, 2.05) is 6.08 Å². The van der Waals surface area contributed by atoms with Crippen LogP contribution >= 0.6 is 0 Å². The number of ketones is 1. The Hall–Kier alpha value is -1.12. The summed E-state index contributed by atoms with van der Waals surface area (Å²) in [6.07, 6.45) is 10.8. The molecule has 0 aromatic carbocycles. The molecule has 0 saturated heterocycles. The van der Waals surface area contributed by atoms with Gasteiger partial charge in [-0.05, 0) is 74.2 Å². The second-order valence-corrected chi connectivity index (χ2v) is 9.19. The first-order chi connectivity index (χ1) is 11.3. The summed E-state index contributed by atoms with van der Waals surface area (Å²) in [5, 5.41) is 0. The predicted molar refractivity (Wildman–Crippen MR) is 92.3 cm³/mol. The first kappa shape index (κ1) is 16.4. The molecule has 4 rings (SSSR count). The standard InChI is InChI=1S/C21H30O3/c1-13(22)24-19-7-6-17-16-5-4-14-12-15(23)8-10-20(14,2)18(16)9-11-21(17,19)3/h12,16-19H,4-11H2,1-3H3/t16-,17+,18+,19-,20-,21-/m0/s1. The van der Waals surface area contributed by atoms with Gasteiger partial charge in [0.15, 0.2) is 5.78 Å². The van der Waals surface area contributed by atoms with Gasteiger partial charge in [0.25, 0.3) is 0 Å². The van der Waals surface area contributed by atoms with E-state index < -0.39 is 0 Å². The van der Waals surface area contributed by atoms with E-state index in [1.165, 1.54) is 24.8 Å². The lowest BCUT2D eigenvalue weighted by atomic mass is 9.47. The fourth-order valence-electron chi connectivity index (χ4n) is 6.91. The molecular formula is C21H30O3. The summed E-state index contributed by atoms with van der Waals surface area (Å²) in [6, 6.07) is 0. The van der Waals surface area contributed by atoms with Crippen molar-refractivity contribution in [2.45, 2.75) is 78.2 Å². The van der Waals surface area contributed by atoms with E-state index in [2.05, 4.69) is 13.8 Å². The van der Waals surface area contributed by atoms with Gasteiger partial charge in [0.2, 0.25) is 0 Å². The number of rotatable bonds is 1. The molecule has 4 aliphatic carbocycles. The summed E-state index contributed by atoms with van der Waals surface area (Å²) in [6.45, 7) is 6.33. The van der Waals surface area contributed by atoms with E-state index in [0.29, 0.717) is 17.6 Å². The quantitative estimate of drug-likeness (QED) is 0.667. The molecule has 132 valence electrons. The van der Waals surface area contributed by atoms with Gasteiger partial charge in [-0.2, -0.15) is 0 Å². The molecule has 0 spiro atoms. The van der Waals surface area contributed by atoms with Gasteiger partial charge in [0, 0.05) is 18.8 Å². The maximum atomic E-state index is 11.9. The number of hydrogen-bond donors (Lipinski definition) is 0. The van der Waals surface area contributed by atoms with Gasteiger partial charge in [-0.3, -0.25) is 9.59 Å². The SMILES string of the molecule is CC(=O)O[C@H]1CC[C@@H]2[C@@H]3CCC4=CC(=O)CC[C@]4(C)[C@@H]3CC[C@]12C. The monoisotopic (exact) mass is 330 g/mol. The minimum atomic E-state index is -0.129. The van der Waals surface area contributed by atoms with Crippen molar-refractivity contribution < 1.29 is 14.3 Å². The summed E-state index contributed by atoms with van der Waals surface area (Å²) in [5.41, 5.74) is 1.82. The molecule has 3 fully saturated rings. The molecule has 4 aliphatic rings. The molecular weight excluding hydrogens is 300 g/mol. The van der Waals surface area contributed by atoms with Crippen LogP contribution in [0.4, 0.5) is 0 Å². The highest BCUT2D eigenvalue weighted by molar-refractivity contribution is 5.91. The summed E-state index contributed by atoms with van der Waals surface area (Å²) in [5.74, 6) is 2.32. The Morgan fingerprint density at radius 1 is 1.08 bits per heavy atom. The molecule has 0 radical (unpaired) electrons. The number of esters is 1. The normalized spacial score (nSPS) is 47.3. The maximum Gasteiger partial charge on any atom is 0.302 e. The van der Waals surface area contributed by atoms with Crippen molar-refractivity contribution in [3.05, 3.63) is 11.6 Å². The molecule has 0 aromatic rings. The third-order valence-corrected chi connectivity index (χ3v) is 8.18. The van der Waals surface area contributed by atoms with Crippen molar-refractivity contribution in [3.63, 3.8) is 0 Å². The fraction of sp³-hybridized carbons (Fsp3) is 0.810. The topological polar surface area (TPSA) is 43.4 Å². The van der Waals surface area contributed by atoms with Gasteiger partial charge >= 0.3 is 5.97 Å². The number of carbonyl (C=O) groups excluding carboxylic acids is 2. The van der Waals surface area contributed by atoms with Crippen LogP contribution in [0.5, 0.6) is 0 Å². The Balaban J connectivity index is 1.62. The lowest BCUT2D eigenvalue weighted by Gasteiger charge is -2.57. The summed E-state index contributed by atoms with van der Waals surface area (Å²) in [7, 11) is 0. The molecule has 0 N–H and O–H groups in total. The van der Waals surface area contributed by atoms with Crippen LogP contribution in [0.1, 0.15) is 72.1 Å². The van der Waals surface area contributed by atoms with Crippen LogP contribution in [0.2, 0.25) is 0 Å². The molecule has 0 aliphatic heterocycles. The van der Waals surface area contributed by atoms with Crippen LogP contribution in [0.15, 0.2) is 11.6 Å². The van der Waals surface area contributed by atoms with Crippen molar-refractivity contribution >= 4 is 11.8 Å². The van der Waals surface area contributed by atoms with Gasteiger partial charge in [0.1, 0.15) is 6.10 Å². The van der Waals surface area contributed by atoms with Gasteiger partial charge < -0.3 is 4.74 Å². The van der Waals surface area contributed by atoms with Crippen molar-refractivity contribution in [2.75, 3.05) is 0 Å². The highest BCUT2D eigenvalue weighted by atomic mass is 16.5. The lowest BCUT2D eigenvalue weighted by molar-refractivity contribution is -0.157. The molecule has 0 heterocycles. The van der Waals surface area contributed by atoms with E-state index >= 15 is 0 Å². The first-order valence-electron chi connectivity index (χ1n) is 9.76. The van der Waals surface area contributed by atoms with Crippen LogP contribution in [0.3, 0.4) is 0 Å². The first-order valence-corrected chi connectivity index (χ1v) is 9.76. The Labute approximate surface area is 145 Å². The predicted octanol–water partition coefficient (Wildman–Crippen LogP) is 4.45. The highest BCUT2D eigenvalue weighted by Gasteiger charge is 2.59. The summed E-state index contributed by atoms with van der Waals surface area (Å²) >= 11 is 0. The molecule has 0 bridgehead atoms. The van der Waals surface area contributed by atoms with Crippen molar-refractivity contribution in [2.24, 2.45) is 28.6 Å². The highest BCUT2D eigenvalue weighted by Crippen LogP contribution is 2.65. The van der Waals surface area contributed by atoms with Gasteiger partial charge in [-0.15, -0.1) is 0 Å². The second-order valence-electron chi connectivity index (χ2n) is 9.19. The Morgan fingerprint density at radius 3 is 2.62 bits per heavy atom. The molecule has 24 heavy (non-hydrogen) atoms. The third-order valence-electron chi connectivity index (χ3n) is 8.18. The second kappa shape index (κ2) is 5.44. The summed E-state index contributed by atoms with van der Waals surface area (Å²) < 4.78 is 5.71. The molecule has 6 atom stereocenters. The Morgan fingerprint density at radius 2 is 1.88 bits per heavy atom. The average molecular weight is 330 g/mol. The molecule has 3 nitrogen and oxygen atoms in total. The van der Waals surface area contributed by atoms with E-state index in [1.54, 1.807) is 6.92 Å². The third kappa shape index (κ3) is 2.23. The van der Waals surface area contributed by atoms with Crippen LogP contribution in [-0.4, -0.2) is 17.9 Å². The van der Waals surface area contributed by atoms with Crippen molar-refractivity contribution in [3.8, 4) is 0 Å². The van der Waals surface area contributed by atoms with E-state index in [0.717, 1.165) is 38.0 Å². The number of hydrogen-bond acceptors (Lipinski definition) is 3. The lowest BCUT2D eigenvalue weighted by Crippen LogP contribution is -2.51. The molecule has 3 saturated carbocycles. The average Bonchev–Trinajstić information content (AvgIpc) is 2.84. The Kier molecular flexibility index (Phi) is 3.71. The zero-order valence-corrected chi connectivity index (χ0v) is 15.3. The van der Waals surface area contributed by atoms with Gasteiger partial charge in [-0.1, -0.05) is 19.4 Å². The number of ether oxygens (including phenoxy) is 1. The zero-order valence-electron chi connectivity index (χ0n) is 15.3. The number of carbonyl (C=O) groups is 2. The van der Waals surface area contributed by atoms with Crippen molar-refractivity contribution in [1.29, 1.82) is 0 Å². The molecule has 3 heteroatoms. The van der Waals surface area contributed by atoms with Crippen LogP contribution in [0, 0.1) is 28.6 Å². The zero-order chi connectivity index (χ0) is 17.1. The largest absolute Gasteiger partial charge is 0.462 e. The number of fused-ring (bicyclic) bond motifs is 5. The van der Waals surface area contributed by atoms with Crippen LogP contribution < -0.4 is 0 Å². The smallest absolute Gasteiger partial charge is 0.302 e. The Bertz CT molecular complexity index is 606. The minimum absolute atomic E-state index is 0.110. The van der Waals surface area contributed by atoms with Crippen molar-refractivity contribution in [1.82, 2.24) is 0 Å². The molecule has 0 amide bonds. The molecule has 0 unspecified atom stereocenters. The van der Waals surface area contributed by atoms with Gasteiger partial charge in [0.05, 0.1) is 0 Å². The van der Waals surface area contributed by atoms with Crippen LogP contribution in [-0.2, 0) is 14.3 Å². The maximum absolute atomic E-state index is 11.9. The number of allylic oxidation sites excluding steroid dienone is 1. The van der Waals surface area contributed by atoms with Crippen LogP contribution in [0.25, 0.3) is 0 Å². The summed E-state index contributed by atoms with van der Waals surface area (Å²) in [4.78, 5) is 23.4. The van der Waals surface area contributed by atoms with Gasteiger partial charge in [-0.25, -0.2) is 0 Å². The molecule has 0 aromatic heterocycles.